The zero-order valence-electron chi connectivity index (χ0n) is 18.4. The minimum Gasteiger partial charge on any atom is -0.341 e. The molecule has 0 saturated carbocycles. The van der Waals surface area contributed by atoms with Gasteiger partial charge in [-0.1, -0.05) is 28.6 Å². The van der Waals surface area contributed by atoms with Crippen molar-refractivity contribution in [1.82, 2.24) is 15.5 Å². The average Bonchev–Trinajstić information content (AvgIpc) is 2.85. The molecule has 0 aliphatic carbocycles. The maximum absolute atomic E-state index is 15.3. The van der Waals surface area contributed by atoms with E-state index in [1.54, 1.807) is 29.2 Å². The summed E-state index contributed by atoms with van der Waals surface area (Å²) in [5, 5.41) is 5.85. The van der Waals surface area contributed by atoms with Gasteiger partial charge in [-0.2, -0.15) is 0 Å². The fraction of sp³-hybridized carbons (Fsp3) is 0.320. The normalized spacial score (nSPS) is 16.6. The number of carbonyl (C=O) groups excluding carboxylic acids is 3. The molecule has 1 fully saturated rings. The predicted molar refractivity (Wildman–Crippen MR) is 122 cm³/mol. The molecule has 2 aliphatic rings. The topological polar surface area (TPSA) is 81.8 Å². The number of fused-ring (bicyclic) bond motifs is 1. The second-order valence-corrected chi connectivity index (χ2v) is 8.47. The molecule has 2 aliphatic heterocycles. The van der Waals surface area contributed by atoms with Crippen molar-refractivity contribution in [2.45, 2.75) is 31.3 Å². The van der Waals surface area contributed by atoms with Crippen LogP contribution in [0.15, 0.2) is 42.5 Å². The van der Waals surface area contributed by atoms with Gasteiger partial charge in [0, 0.05) is 31.6 Å². The summed E-state index contributed by atoms with van der Waals surface area (Å²) in [6.07, 6.45) is 5.80. The fourth-order valence-corrected chi connectivity index (χ4v) is 4.47. The van der Waals surface area contributed by atoms with Gasteiger partial charge < -0.3 is 15.5 Å². The van der Waals surface area contributed by atoms with Crippen molar-refractivity contribution in [2.24, 2.45) is 0 Å². The number of Topliss-reactive ketones (excluding diaryl/α,β-unsaturated/α-hetero) is 1. The number of carbonyl (C=O) groups is 3. The third-order valence-corrected chi connectivity index (χ3v) is 6.37. The van der Waals surface area contributed by atoms with Gasteiger partial charge in [0.05, 0.1) is 23.3 Å². The molecule has 0 unspecified atom stereocenters. The summed E-state index contributed by atoms with van der Waals surface area (Å²) in [7, 11) is 0. The summed E-state index contributed by atoms with van der Waals surface area (Å²) >= 11 is 0. The first-order chi connectivity index (χ1) is 16.3. The van der Waals surface area contributed by atoms with Crippen molar-refractivity contribution < 1.29 is 23.3 Å². The number of ketones is 1. The number of para-hydroxylation sites is 1. The van der Waals surface area contributed by atoms with Gasteiger partial charge >= 0.3 is 6.03 Å². The molecule has 2 heterocycles. The molecule has 0 radical (unpaired) electrons. The molecule has 176 valence electrons. The highest BCUT2D eigenvalue weighted by atomic mass is 19.2. The molecule has 2 aromatic carbocycles. The third kappa shape index (κ3) is 4.44. The van der Waals surface area contributed by atoms with E-state index >= 15 is 4.48 Å². The first-order valence-corrected chi connectivity index (χ1v) is 11.0. The van der Waals surface area contributed by atoms with Gasteiger partial charge in [0.2, 0.25) is 0 Å². The van der Waals surface area contributed by atoms with Crippen molar-refractivity contribution >= 4 is 23.4 Å². The zero-order chi connectivity index (χ0) is 24.3. The number of amides is 3. The van der Waals surface area contributed by atoms with Gasteiger partial charge in [-0.3, -0.25) is 9.59 Å². The van der Waals surface area contributed by atoms with E-state index in [1.165, 1.54) is 12.1 Å². The number of hydrogen-bond acceptors (Lipinski definition) is 4. The van der Waals surface area contributed by atoms with E-state index in [1.807, 2.05) is 0 Å². The molecule has 1 spiro atoms. The van der Waals surface area contributed by atoms with Gasteiger partial charge in [-0.05, 0) is 42.7 Å². The van der Waals surface area contributed by atoms with Gasteiger partial charge in [0.15, 0.2) is 5.78 Å². The maximum atomic E-state index is 15.3. The van der Waals surface area contributed by atoms with Crippen molar-refractivity contribution in [3.05, 3.63) is 65.0 Å². The number of likely N-dealkylation sites (tertiary alicyclic amines) is 1. The Morgan fingerprint density at radius 3 is 2.59 bits per heavy atom. The van der Waals surface area contributed by atoms with E-state index in [9.17, 15) is 18.8 Å². The van der Waals surface area contributed by atoms with Crippen LogP contribution in [0.4, 0.5) is 19.4 Å². The van der Waals surface area contributed by atoms with E-state index in [0.717, 1.165) is 6.07 Å². The van der Waals surface area contributed by atoms with Crippen molar-refractivity contribution in [3.8, 4) is 12.3 Å². The highest BCUT2D eigenvalue weighted by Crippen LogP contribution is 2.43. The number of nitrogens with one attached hydrogen (secondary N) is 2. The van der Waals surface area contributed by atoms with E-state index in [2.05, 4.69) is 16.6 Å². The summed E-state index contributed by atoms with van der Waals surface area (Å²) < 4.78 is 29.3. The summed E-state index contributed by atoms with van der Waals surface area (Å²) in [5.41, 5.74) is 0.0722. The summed E-state index contributed by atoms with van der Waals surface area (Å²) in [6.45, 7) is 0.621. The average molecular weight is 466 g/mol. The number of terminal acetylenes is 1. The van der Waals surface area contributed by atoms with Crippen LogP contribution in [0.2, 0.25) is 0 Å². The van der Waals surface area contributed by atoms with Crippen LogP contribution in [-0.2, 0) is 6.54 Å². The standard InChI is InChI=1S/C25H24F2N4O3/c1-2-11-28-23(33)19-14-17(7-8-20(19)26)16-29-24(34)30-12-9-25(10-13-30)15-22(32)18-5-3-4-6-21(18)31(25)27/h1,3-8,14H,9-13,15-16H2,(H,28,33)(H,29,34). The Morgan fingerprint density at radius 2 is 1.85 bits per heavy atom. The smallest absolute Gasteiger partial charge is 0.317 e. The monoisotopic (exact) mass is 466 g/mol. The van der Waals surface area contributed by atoms with Crippen LogP contribution in [0.5, 0.6) is 0 Å². The van der Waals surface area contributed by atoms with E-state index in [-0.39, 0.29) is 55.7 Å². The largest absolute Gasteiger partial charge is 0.341 e. The number of benzene rings is 2. The highest BCUT2D eigenvalue weighted by molar-refractivity contribution is 6.04. The number of rotatable bonds is 4. The molecule has 0 bridgehead atoms. The Morgan fingerprint density at radius 1 is 1.12 bits per heavy atom. The molecule has 34 heavy (non-hydrogen) atoms. The first-order valence-electron chi connectivity index (χ1n) is 11.0. The lowest BCUT2D eigenvalue weighted by Gasteiger charge is -2.47. The Hall–Kier alpha value is -3.93. The summed E-state index contributed by atoms with van der Waals surface area (Å²) in [6, 6.07) is 10.3. The number of piperidine rings is 1. The first kappa shape index (κ1) is 23.2. The Balaban J connectivity index is 1.36. The van der Waals surface area contributed by atoms with Crippen molar-refractivity contribution in [3.63, 3.8) is 0 Å². The number of urea groups is 1. The molecular formula is C25H24F2N4O3. The lowest BCUT2D eigenvalue weighted by atomic mass is 9.78. The quantitative estimate of drug-likeness (QED) is 0.536. The van der Waals surface area contributed by atoms with Crippen LogP contribution in [-0.4, -0.2) is 47.8 Å². The van der Waals surface area contributed by atoms with Crippen LogP contribution in [0, 0.1) is 18.2 Å². The van der Waals surface area contributed by atoms with Gasteiger partial charge in [-0.15, -0.1) is 6.42 Å². The van der Waals surface area contributed by atoms with Gasteiger partial charge in [0.25, 0.3) is 5.91 Å². The van der Waals surface area contributed by atoms with Gasteiger partial charge in [-0.25, -0.2) is 14.3 Å². The predicted octanol–water partition coefficient (Wildman–Crippen LogP) is 3.21. The molecule has 2 N–H and O–H groups in total. The van der Waals surface area contributed by atoms with E-state index in [0.29, 0.717) is 29.1 Å². The molecular weight excluding hydrogens is 442 g/mol. The van der Waals surface area contributed by atoms with Crippen LogP contribution in [0.3, 0.4) is 0 Å². The second kappa shape index (κ2) is 9.51. The lowest BCUT2D eigenvalue weighted by molar-refractivity contribution is 0.0805. The van der Waals surface area contributed by atoms with Crippen LogP contribution < -0.4 is 15.8 Å². The molecule has 3 amide bonds. The third-order valence-electron chi connectivity index (χ3n) is 6.37. The number of halogens is 2. The molecule has 7 nitrogen and oxygen atoms in total. The van der Waals surface area contributed by atoms with E-state index < -0.39 is 17.3 Å². The fourth-order valence-electron chi connectivity index (χ4n) is 4.47. The maximum Gasteiger partial charge on any atom is 0.317 e. The highest BCUT2D eigenvalue weighted by Gasteiger charge is 2.47. The second-order valence-electron chi connectivity index (χ2n) is 8.47. The van der Waals surface area contributed by atoms with Crippen LogP contribution in [0.1, 0.15) is 45.5 Å². The number of nitrogens with zero attached hydrogens (tertiary/aromatic N) is 2. The molecule has 2 aromatic rings. The van der Waals surface area contributed by atoms with E-state index in [4.69, 9.17) is 6.42 Å². The Labute approximate surface area is 196 Å². The zero-order valence-corrected chi connectivity index (χ0v) is 18.4. The van der Waals surface area contributed by atoms with Crippen LogP contribution in [0.25, 0.3) is 0 Å². The van der Waals surface area contributed by atoms with Crippen molar-refractivity contribution in [1.29, 1.82) is 0 Å². The molecule has 0 atom stereocenters. The number of hydrogen-bond donors (Lipinski definition) is 2. The number of anilines is 1. The minimum atomic E-state index is -0.959. The lowest BCUT2D eigenvalue weighted by Crippen LogP contribution is -2.57. The molecule has 9 heteroatoms. The van der Waals surface area contributed by atoms with Gasteiger partial charge in [0.1, 0.15) is 5.82 Å². The van der Waals surface area contributed by atoms with Crippen LogP contribution >= 0.6 is 0 Å². The summed E-state index contributed by atoms with van der Waals surface area (Å²) in [4.78, 5) is 38.9. The molecule has 0 aromatic heterocycles. The summed E-state index contributed by atoms with van der Waals surface area (Å²) in [5.74, 6) is 0.828. The molecule has 4 rings (SSSR count). The van der Waals surface area contributed by atoms with Crippen molar-refractivity contribution in [2.75, 3.05) is 24.8 Å². The molecule has 1 saturated heterocycles. The minimum absolute atomic E-state index is 0.0246. The SMILES string of the molecule is C#CCNC(=O)c1cc(CNC(=O)N2CCC3(CC2)CC(=O)c2ccccc2N3F)ccc1F. The Kier molecular flexibility index (Phi) is 6.50. The Bertz CT molecular complexity index is 1170.